The van der Waals surface area contributed by atoms with Gasteiger partial charge in [-0.05, 0) is 68.8 Å². The second-order valence-electron chi connectivity index (χ2n) is 14.8. The number of halogens is 1. The van der Waals surface area contributed by atoms with Crippen molar-refractivity contribution in [2.75, 3.05) is 64.2 Å². The number of hydrogen-bond donors (Lipinski definition) is 3. The molecule has 1 aliphatic heterocycles. The minimum atomic E-state index is -2.78. The van der Waals surface area contributed by atoms with E-state index in [1.165, 1.54) is 22.3 Å². The number of fused-ring (bicyclic) bond motifs is 3. The molecule has 12 nitrogen and oxygen atoms in total. The first-order valence-corrected chi connectivity index (χ1v) is 18.2. The SMILES string of the molecule is CN(C)c1cc(-c2ccc(CN3CCN(c4ccccc4F)CC3)s2)c(O)c2c1CC1CC3C(N(C)C)C(=O)C(C(N)=O)C(=O)C3(O)C(=O)C1C2=O. The van der Waals surface area contributed by atoms with E-state index in [-0.39, 0.29) is 30.0 Å². The van der Waals surface area contributed by atoms with E-state index in [9.17, 15) is 38.6 Å². The van der Waals surface area contributed by atoms with Crippen molar-refractivity contribution >= 4 is 51.8 Å². The van der Waals surface area contributed by atoms with E-state index in [2.05, 4.69) is 4.90 Å². The lowest BCUT2D eigenvalue weighted by Gasteiger charge is -2.52. The number of benzene rings is 2. The van der Waals surface area contributed by atoms with Crippen molar-refractivity contribution in [2.45, 2.75) is 31.0 Å². The van der Waals surface area contributed by atoms with Crippen LogP contribution in [0.15, 0.2) is 42.5 Å². The molecule has 4 aliphatic rings. The zero-order valence-corrected chi connectivity index (χ0v) is 30.3. The third-order valence-electron chi connectivity index (χ3n) is 11.4. The average molecular weight is 732 g/mol. The Bertz CT molecular complexity index is 2010. The van der Waals surface area contributed by atoms with Gasteiger partial charge in [-0.2, -0.15) is 0 Å². The Hall–Kier alpha value is -4.50. The van der Waals surface area contributed by atoms with Crippen LogP contribution in [0.1, 0.15) is 27.2 Å². The molecule has 3 aliphatic carbocycles. The van der Waals surface area contributed by atoms with Crippen LogP contribution in [0.25, 0.3) is 10.4 Å². The molecule has 2 aromatic carbocycles. The summed E-state index contributed by atoms with van der Waals surface area (Å²) in [5.41, 5.74) is 4.86. The summed E-state index contributed by atoms with van der Waals surface area (Å²) in [6, 6.07) is 11.3. The summed E-state index contributed by atoms with van der Waals surface area (Å²) in [4.78, 5) is 77.5. The number of phenols is 1. The number of likely N-dealkylation sites (N-methyl/N-ethyl adjacent to an activating group) is 1. The van der Waals surface area contributed by atoms with Crippen LogP contribution in [0.3, 0.4) is 0 Å². The fourth-order valence-electron chi connectivity index (χ4n) is 8.92. The number of nitrogens with two attached hydrogens (primary N) is 1. The van der Waals surface area contributed by atoms with Crippen molar-refractivity contribution in [1.29, 1.82) is 0 Å². The van der Waals surface area contributed by atoms with Gasteiger partial charge in [0.25, 0.3) is 0 Å². The lowest BCUT2D eigenvalue weighted by atomic mass is 9.52. The third-order valence-corrected chi connectivity index (χ3v) is 12.5. The smallest absolute Gasteiger partial charge is 0.235 e. The van der Waals surface area contributed by atoms with Crippen molar-refractivity contribution in [3.8, 4) is 16.2 Å². The number of primary amides is 1. The van der Waals surface area contributed by atoms with Crippen LogP contribution < -0.4 is 15.5 Å². The fraction of sp³-hybridized carbons (Fsp3) is 0.447. The lowest BCUT2D eigenvalue weighted by molar-refractivity contribution is -0.181. The summed E-state index contributed by atoms with van der Waals surface area (Å²) in [6.45, 7) is 3.48. The molecule has 6 atom stereocenters. The first-order chi connectivity index (χ1) is 24.6. The molecule has 1 aromatic heterocycles. The van der Waals surface area contributed by atoms with Gasteiger partial charge in [-0.25, -0.2) is 4.39 Å². The third kappa shape index (κ3) is 5.54. The van der Waals surface area contributed by atoms with E-state index in [1.54, 1.807) is 26.2 Å². The molecule has 2 heterocycles. The molecule has 3 aromatic rings. The van der Waals surface area contributed by atoms with E-state index >= 15 is 0 Å². The number of hydrogen-bond acceptors (Lipinski definition) is 12. The van der Waals surface area contributed by atoms with Crippen molar-refractivity contribution in [3.63, 3.8) is 0 Å². The number of rotatable bonds is 7. The summed E-state index contributed by atoms with van der Waals surface area (Å²) in [5.74, 6) is -11.0. The summed E-state index contributed by atoms with van der Waals surface area (Å²) in [6.07, 6.45) is 0.170. The first-order valence-electron chi connectivity index (χ1n) is 17.4. The first kappa shape index (κ1) is 35.9. The number of phenolic OH excluding ortho intramolecular Hbond substituents is 1. The predicted octanol–water partition coefficient (Wildman–Crippen LogP) is 2.12. The minimum absolute atomic E-state index is 0.0118. The van der Waals surface area contributed by atoms with Crippen molar-refractivity contribution in [1.82, 2.24) is 9.80 Å². The highest BCUT2D eigenvalue weighted by Gasteiger charge is 2.69. The van der Waals surface area contributed by atoms with Crippen LogP contribution in [-0.2, 0) is 32.1 Å². The van der Waals surface area contributed by atoms with E-state index < -0.39 is 64.4 Å². The number of thiophene rings is 1. The number of ketones is 4. The second-order valence-corrected chi connectivity index (χ2v) is 16.0. The molecule has 1 saturated heterocycles. The van der Waals surface area contributed by atoms with Crippen LogP contribution in [0.4, 0.5) is 15.8 Å². The Labute approximate surface area is 304 Å². The number of aromatic hydroxyl groups is 1. The average Bonchev–Trinajstić information content (AvgIpc) is 3.54. The van der Waals surface area contributed by atoms with Crippen LogP contribution >= 0.6 is 11.3 Å². The molecular weight excluding hydrogens is 690 g/mol. The topological polar surface area (TPSA) is 165 Å². The number of para-hydroxylation sites is 1. The van der Waals surface area contributed by atoms with Crippen molar-refractivity contribution in [2.24, 2.45) is 29.4 Å². The molecule has 4 N–H and O–H groups in total. The quantitative estimate of drug-likeness (QED) is 0.305. The largest absolute Gasteiger partial charge is 0.506 e. The van der Waals surface area contributed by atoms with Crippen LogP contribution in [0.5, 0.6) is 5.75 Å². The normalized spacial score (nSPS) is 27.8. The van der Waals surface area contributed by atoms with Gasteiger partial charge in [0.2, 0.25) is 5.91 Å². The molecule has 7 rings (SSSR count). The van der Waals surface area contributed by atoms with Crippen LogP contribution in [0, 0.1) is 29.5 Å². The number of amides is 1. The van der Waals surface area contributed by atoms with E-state index in [1.807, 2.05) is 48.2 Å². The van der Waals surface area contributed by atoms with Gasteiger partial charge >= 0.3 is 0 Å². The monoisotopic (exact) mass is 731 g/mol. The molecule has 3 fully saturated rings. The Balaban J connectivity index is 1.19. The Kier molecular flexibility index (Phi) is 9.09. The molecule has 6 unspecified atom stereocenters. The lowest BCUT2D eigenvalue weighted by Crippen LogP contribution is -2.74. The molecule has 1 amide bonds. The maximum Gasteiger partial charge on any atom is 0.235 e. The van der Waals surface area contributed by atoms with Crippen LogP contribution in [0.2, 0.25) is 0 Å². The molecule has 52 heavy (non-hydrogen) atoms. The Morgan fingerprint density at radius 1 is 1.02 bits per heavy atom. The standard InChI is InChI=1S/C38H42FN5O7S/c1-41(2)26-17-22(27-10-9-20(52-27)18-43-11-13-44(14-12-43)25-8-6-5-7-24(25)39)32(45)29-21(26)15-19-16-23-31(42(3)4)34(47)30(37(40)50)36(49)38(23,51)35(48)28(19)33(29)46/h5-10,17,19,23,28,30-31,45,51H,11-16,18H2,1-4H3,(H2,40,50). The number of anilines is 2. The maximum absolute atomic E-state index is 14.5. The highest BCUT2D eigenvalue weighted by Crippen LogP contribution is 2.53. The second kappa shape index (κ2) is 13.2. The zero-order valence-electron chi connectivity index (χ0n) is 29.5. The number of nitrogens with zero attached hydrogens (tertiary/aromatic N) is 4. The molecule has 2 saturated carbocycles. The minimum Gasteiger partial charge on any atom is -0.506 e. The maximum atomic E-state index is 14.5. The number of piperazine rings is 1. The molecule has 14 heteroatoms. The zero-order chi connectivity index (χ0) is 37.4. The summed E-state index contributed by atoms with van der Waals surface area (Å²) in [7, 11) is 6.76. The summed E-state index contributed by atoms with van der Waals surface area (Å²) in [5, 5.41) is 23.7. The van der Waals surface area contributed by atoms with Gasteiger partial charge in [-0.3, -0.25) is 33.8 Å². The highest BCUT2D eigenvalue weighted by molar-refractivity contribution is 7.15. The Morgan fingerprint density at radius 2 is 1.71 bits per heavy atom. The van der Waals surface area contributed by atoms with E-state index in [0.29, 0.717) is 47.0 Å². The predicted molar refractivity (Wildman–Crippen MR) is 193 cm³/mol. The highest BCUT2D eigenvalue weighted by atomic mass is 32.1. The van der Waals surface area contributed by atoms with Crippen LogP contribution in [-0.4, -0.2) is 115 Å². The van der Waals surface area contributed by atoms with Gasteiger partial charge in [-0.15, -0.1) is 11.3 Å². The van der Waals surface area contributed by atoms with Crippen molar-refractivity contribution < 1.29 is 38.6 Å². The van der Waals surface area contributed by atoms with Gasteiger partial charge < -0.3 is 25.7 Å². The summed E-state index contributed by atoms with van der Waals surface area (Å²) >= 11 is 1.47. The van der Waals surface area contributed by atoms with Gasteiger partial charge in [0, 0.05) is 73.7 Å². The molecular formula is C38H42FN5O7S. The van der Waals surface area contributed by atoms with Gasteiger partial charge in [-0.1, -0.05) is 12.1 Å². The van der Waals surface area contributed by atoms with Gasteiger partial charge in [0.05, 0.1) is 23.2 Å². The van der Waals surface area contributed by atoms with Crippen molar-refractivity contribution in [3.05, 3.63) is 64.3 Å². The summed E-state index contributed by atoms with van der Waals surface area (Å²) < 4.78 is 14.3. The van der Waals surface area contributed by atoms with Gasteiger partial charge in [0.1, 0.15) is 11.6 Å². The molecule has 0 radical (unpaired) electrons. The number of Topliss-reactive ketones (excluding diaryl/α,β-unsaturated/α-hetero) is 4. The molecule has 274 valence electrons. The van der Waals surface area contributed by atoms with Gasteiger partial charge in [0.15, 0.2) is 34.7 Å². The van der Waals surface area contributed by atoms with E-state index in [4.69, 9.17) is 5.73 Å². The molecule has 0 spiro atoms. The number of carbonyl (C=O) groups is 5. The fourth-order valence-corrected chi connectivity index (χ4v) is 9.99. The number of carbonyl (C=O) groups excluding carboxylic acids is 5. The molecule has 0 bridgehead atoms. The Morgan fingerprint density at radius 3 is 2.35 bits per heavy atom. The number of aliphatic hydroxyl groups is 1. The van der Waals surface area contributed by atoms with E-state index in [0.717, 1.165) is 18.0 Å².